The summed E-state index contributed by atoms with van der Waals surface area (Å²) in [4.78, 5) is 14.5. The van der Waals surface area contributed by atoms with Gasteiger partial charge < -0.3 is 20.1 Å². The predicted octanol–water partition coefficient (Wildman–Crippen LogP) is 3.09. The third-order valence-corrected chi connectivity index (χ3v) is 4.20. The van der Waals surface area contributed by atoms with Crippen LogP contribution in [-0.2, 0) is 6.61 Å². The van der Waals surface area contributed by atoms with Crippen molar-refractivity contribution < 1.29 is 14.3 Å². The van der Waals surface area contributed by atoms with Crippen LogP contribution in [0.25, 0.3) is 0 Å². The van der Waals surface area contributed by atoms with Crippen molar-refractivity contribution in [1.29, 1.82) is 0 Å². The molecule has 126 valence electrons. The number of methoxy groups -OCH3 is 1. The topological polar surface area (TPSA) is 64.8 Å². The zero-order valence-electron chi connectivity index (χ0n) is 13.8. The van der Waals surface area contributed by atoms with E-state index < -0.39 is 0 Å². The molecule has 2 N–H and O–H groups in total. The summed E-state index contributed by atoms with van der Waals surface area (Å²) in [6.45, 7) is 1.97. The van der Waals surface area contributed by atoms with E-state index in [1.807, 2.05) is 35.2 Å². The van der Waals surface area contributed by atoms with Crippen molar-refractivity contribution >= 4 is 11.6 Å². The molecule has 0 aliphatic carbocycles. The zero-order valence-corrected chi connectivity index (χ0v) is 13.8. The fraction of sp³-hybridized carbons (Fsp3) is 0.316. The van der Waals surface area contributed by atoms with Crippen LogP contribution >= 0.6 is 0 Å². The first-order valence-corrected chi connectivity index (χ1v) is 8.12. The van der Waals surface area contributed by atoms with Crippen molar-refractivity contribution in [3.05, 3.63) is 53.6 Å². The average Bonchev–Trinajstić information content (AvgIpc) is 3.15. The second-order valence-electron chi connectivity index (χ2n) is 5.86. The van der Waals surface area contributed by atoms with Crippen molar-refractivity contribution in [2.45, 2.75) is 19.4 Å². The summed E-state index contributed by atoms with van der Waals surface area (Å²) in [5.41, 5.74) is 7.99. The fourth-order valence-corrected chi connectivity index (χ4v) is 2.86. The van der Waals surface area contributed by atoms with E-state index in [1.165, 1.54) is 0 Å². The monoisotopic (exact) mass is 326 g/mol. The van der Waals surface area contributed by atoms with E-state index in [1.54, 1.807) is 19.2 Å². The van der Waals surface area contributed by atoms with Gasteiger partial charge >= 0.3 is 0 Å². The molecule has 1 aliphatic heterocycles. The minimum absolute atomic E-state index is 0.0442. The van der Waals surface area contributed by atoms with Crippen LogP contribution < -0.4 is 15.2 Å². The van der Waals surface area contributed by atoms with Crippen LogP contribution in [0.3, 0.4) is 0 Å². The lowest BCUT2D eigenvalue weighted by atomic mass is 10.1. The number of amides is 1. The Morgan fingerprint density at radius 3 is 2.50 bits per heavy atom. The van der Waals surface area contributed by atoms with Crippen molar-refractivity contribution in [2.24, 2.45) is 0 Å². The number of anilines is 1. The number of carbonyl (C=O) groups is 1. The molecule has 1 saturated heterocycles. The van der Waals surface area contributed by atoms with E-state index in [9.17, 15) is 4.79 Å². The van der Waals surface area contributed by atoms with Crippen molar-refractivity contribution in [1.82, 2.24) is 4.90 Å². The maximum absolute atomic E-state index is 12.6. The van der Waals surface area contributed by atoms with Crippen LogP contribution in [0.4, 0.5) is 5.69 Å². The molecule has 5 nitrogen and oxygen atoms in total. The Morgan fingerprint density at radius 2 is 1.83 bits per heavy atom. The molecule has 0 aromatic heterocycles. The van der Waals surface area contributed by atoms with Gasteiger partial charge in [0.05, 0.1) is 12.7 Å². The molecule has 0 saturated carbocycles. The highest BCUT2D eigenvalue weighted by Crippen LogP contribution is 2.33. The predicted molar refractivity (Wildman–Crippen MR) is 93.3 cm³/mol. The Labute approximate surface area is 142 Å². The summed E-state index contributed by atoms with van der Waals surface area (Å²) in [6.07, 6.45) is 2.08. The summed E-state index contributed by atoms with van der Waals surface area (Å²) in [5.74, 6) is 1.01. The first-order chi connectivity index (χ1) is 11.7. The summed E-state index contributed by atoms with van der Waals surface area (Å²) >= 11 is 0. The highest BCUT2D eigenvalue weighted by molar-refractivity contribution is 6.00. The molecule has 0 spiro atoms. The lowest BCUT2D eigenvalue weighted by Crippen LogP contribution is -2.28. The molecular formula is C19H22N2O3. The Hall–Kier alpha value is -2.69. The van der Waals surface area contributed by atoms with Crippen LogP contribution in [0.1, 0.15) is 28.8 Å². The number of hydrogen-bond acceptors (Lipinski definition) is 4. The van der Waals surface area contributed by atoms with Gasteiger partial charge in [-0.25, -0.2) is 0 Å². The lowest BCUT2D eigenvalue weighted by molar-refractivity contribution is 0.0793. The highest BCUT2D eigenvalue weighted by atomic mass is 16.5. The van der Waals surface area contributed by atoms with Gasteiger partial charge in [-0.2, -0.15) is 0 Å². The summed E-state index contributed by atoms with van der Waals surface area (Å²) < 4.78 is 11.2. The van der Waals surface area contributed by atoms with Gasteiger partial charge in [0.25, 0.3) is 5.91 Å². The van der Waals surface area contributed by atoms with Gasteiger partial charge in [-0.05, 0) is 24.5 Å². The molecule has 0 unspecified atom stereocenters. The molecule has 1 heterocycles. The molecular weight excluding hydrogens is 304 g/mol. The summed E-state index contributed by atoms with van der Waals surface area (Å²) in [6, 6.07) is 13.2. The largest absolute Gasteiger partial charge is 0.493 e. The third kappa shape index (κ3) is 3.45. The van der Waals surface area contributed by atoms with Gasteiger partial charge in [0.15, 0.2) is 11.5 Å². The number of benzene rings is 2. The molecule has 0 atom stereocenters. The molecule has 2 aromatic carbocycles. The van der Waals surface area contributed by atoms with Gasteiger partial charge in [0, 0.05) is 24.8 Å². The second-order valence-corrected chi connectivity index (χ2v) is 5.86. The molecule has 24 heavy (non-hydrogen) atoms. The van der Waals surface area contributed by atoms with Gasteiger partial charge in [-0.1, -0.05) is 30.3 Å². The molecule has 2 aromatic rings. The fourth-order valence-electron chi connectivity index (χ4n) is 2.86. The van der Waals surface area contributed by atoms with Crippen LogP contribution in [0, 0.1) is 0 Å². The Balaban J connectivity index is 1.84. The standard InChI is InChI=1S/C19H22N2O3/c1-23-17-12-16(20)15(19(22)21-9-5-6-10-21)11-18(17)24-13-14-7-3-2-4-8-14/h2-4,7-8,11-12H,5-6,9-10,13,20H2,1H3. The van der Waals surface area contributed by atoms with E-state index in [0.717, 1.165) is 31.5 Å². The molecule has 3 rings (SSSR count). The van der Waals surface area contributed by atoms with Crippen LogP contribution in [0.5, 0.6) is 11.5 Å². The first kappa shape index (κ1) is 16.2. The number of nitrogens with two attached hydrogens (primary N) is 1. The Bertz CT molecular complexity index is 710. The Morgan fingerprint density at radius 1 is 1.12 bits per heavy atom. The normalized spacial score (nSPS) is 13.8. The van der Waals surface area contributed by atoms with Crippen molar-refractivity contribution in [2.75, 3.05) is 25.9 Å². The zero-order chi connectivity index (χ0) is 16.9. The minimum Gasteiger partial charge on any atom is -0.493 e. The highest BCUT2D eigenvalue weighted by Gasteiger charge is 2.23. The molecule has 1 amide bonds. The van der Waals surface area contributed by atoms with E-state index in [2.05, 4.69) is 0 Å². The van der Waals surface area contributed by atoms with Crippen LogP contribution in [0.2, 0.25) is 0 Å². The number of carbonyl (C=O) groups excluding carboxylic acids is 1. The summed E-state index contributed by atoms with van der Waals surface area (Å²) in [7, 11) is 1.56. The molecule has 1 aliphatic rings. The number of hydrogen-bond donors (Lipinski definition) is 1. The van der Waals surface area contributed by atoms with E-state index in [-0.39, 0.29) is 5.91 Å². The van der Waals surface area contributed by atoms with Crippen molar-refractivity contribution in [3.63, 3.8) is 0 Å². The molecule has 5 heteroatoms. The van der Waals surface area contributed by atoms with Gasteiger partial charge in [-0.3, -0.25) is 4.79 Å². The number of likely N-dealkylation sites (tertiary alicyclic amines) is 1. The number of nitrogens with zero attached hydrogens (tertiary/aromatic N) is 1. The van der Waals surface area contributed by atoms with E-state index in [4.69, 9.17) is 15.2 Å². The number of nitrogen functional groups attached to an aromatic ring is 1. The number of ether oxygens (including phenoxy) is 2. The molecule has 0 bridgehead atoms. The summed E-state index contributed by atoms with van der Waals surface area (Å²) in [5, 5.41) is 0. The van der Waals surface area contributed by atoms with E-state index >= 15 is 0 Å². The smallest absolute Gasteiger partial charge is 0.256 e. The second kappa shape index (κ2) is 7.25. The Kier molecular flexibility index (Phi) is 4.89. The van der Waals surface area contributed by atoms with Gasteiger partial charge in [0.2, 0.25) is 0 Å². The SMILES string of the molecule is COc1cc(N)c(C(=O)N2CCCC2)cc1OCc1ccccc1. The average molecular weight is 326 g/mol. The quantitative estimate of drug-likeness (QED) is 0.858. The molecule has 0 radical (unpaired) electrons. The first-order valence-electron chi connectivity index (χ1n) is 8.12. The molecule has 1 fully saturated rings. The minimum atomic E-state index is -0.0442. The van der Waals surface area contributed by atoms with Gasteiger partial charge in [0.1, 0.15) is 6.61 Å². The van der Waals surface area contributed by atoms with Crippen LogP contribution in [-0.4, -0.2) is 31.0 Å². The van der Waals surface area contributed by atoms with Gasteiger partial charge in [-0.15, -0.1) is 0 Å². The van der Waals surface area contributed by atoms with E-state index in [0.29, 0.717) is 29.4 Å². The number of rotatable bonds is 5. The van der Waals surface area contributed by atoms with Crippen molar-refractivity contribution in [3.8, 4) is 11.5 Å². The van der Waals surface area contributed by atoms with Crippen LogP contribution in [0.15, 0.2) is 42.5 Å². The third-order valence-electron chi connectivity index (χ3n) is 4.20. The maximum atomic E-state index is 12.6. The lowest BCUT2D eigenvalue weighted by Gasteiger charge is -2.19. The maximum Gasteiger partial charge on any atom is 0.256 e.